The summed E-state index contributed by atoms with van der Waals surface area (Å²) in [6.45, 7) is 1.08. The van der Waals surface area contributed by atoms with Crippen LogP contribution in [0.25, 0.3) is 0 Å². The maximum atomic E-state index is 6.00. The molecule has 2 atom stereocenters. The molecule has 0 spiro atoms. The zero-order chi connectivity index (χ0) is 10.8. The van der Waals surface area contributed by atoms with E-state index in [4.69, 9.17) is 17.3 Å². The van der Waals surface area contributed by atoms with Gasteiger partial charge in [-0.1, -0.05) is 23.7 Å². The molecular weight excluding hydrogens is 208 g/mol. The van der Waals surface area contributed by atoms with Crippen molar-refractivity contribution >= 4 is 11.6 Å². The first-order valence-electron chi connectivity index (χ1n) is 5.38. The largest absolute Gasteiger partial charge is 0.328 e. The zero-order valence-electron chi connectivity index (χ0n) is 8.99. The molecule has 1 aromatic carbocycles. The maximum absolute atomic E-state index is 6.00. The summed E-state index contributed by atoms with van der Waals surface area (Å²) in [6, 6.07) is 8.88. The Morgan fingerprint density at radius 1 is 1.33 bits per heavy atom. The Labute approximate surface area is 96.0 Å². The second-order valence-corrected chi connectivity index (χ2v) is 4.77. The van der Waals surface area contributed by atoms with E-state index in [1.165, 1.54) is 5.56 Å². The lowest BCUT2D eigenvalue weighted by Crippen LogP contribution is -2.39. The summed E-state index contributed by atoms with van der Waals surface area (Å²) < 4.78 is 0. The van der Waals surface area contributed by atoms with E-state index in [0.717, 1.165) is 24.4 Å². The minimum absolute atomic E-state index is 0.335. The van der Waals surface area contributed by atoms with Crippen molar-refractivity contribution in [2.75, 3.05) is 13.6 Å². The molecule has 1 heterocycles. The fourth-order valence-corrected chi connectivity index (χ4v) is 2.31. The van der Waals surface area contributed by atoms with Crippen molar-refractivity contribution in [3.05, 3.63) is 34.9 Å². The van der Waals surface area contributed by atoms with E-state index >= 15 is 0 Å². The molecule has 82 valence electrons. The minimum Gasteiger partial charge on any atom is -0.328 e. The number of rotatable bonds is 1. The Morgan fingerprint density at radius 2 is 2.00 bits per heavy atom. The fraction of sp³-hybridized carbons (Fsp3) is 0.500. The van der Waals surface area contributed by atoms with Crippen LogP contribution in [0.15, 0.2) is 24.3 Å². The van der Waals surface area contributed by atoms with Gasteiger partial charge in [0.2, 0.25) is 0 Å². The molecule has 0 amide bonds. The van der Waals surface area contributed by atoms with Gasteiger partial charge in [-0.2, -0.15) is 0 Å². The third-order valence-corrected chi connectivity index (χ3v) is 3.42. The Balaban J connectivity index is 2.17. The Hall–Kier alpha value is -0.570. The third-order valence-electron chi connectivity index (χ3n) is 3.17. The van der Waals surface area contributed by atoms with E-state index in [0.29, 0.717) is 12.1 Å². The van der Waals surface area contributed by atoms with Gasteiger partial charge in [-0.25, -0.2) is 0 Å². The van der Waals surface area contributed by atoms with Gasteiger partial charge >= 0.3 is 0 Å². The molecule has 0 aliphatic carbocycles. The molecule has 0 bridgehead atoms. The van der Waals surface area contributed by atoms with Crippen molar-refractivity contribution in [1.82, 2.24) is 4.90 Å². The molecule has 0 radical (unpaired) electrons. The molecule has 1 fully saturated rings. The zero-order valence-corrected chi connectivity index (χ0v) is 9.74. The highest BCUT2D eigenvalue weighted by Gasteiger charge is 2.24. The lowest BCUT2D eigenvalue weighted by molar-refractivity contribution is 0.171. The Morgan fingerprint density at radius 3 is 2.67 bits per heavy atom. The van der Waals surface area contributed by atoms with Gasteiger partial charge < -0.3 is 5.73 Å². The lowest BCUT2D eigenvalue weighted by atomic mass is 9.93. The molecule has 1 aliphatic heterocycles. The molecule has 0 saturated carbocycles. The molecule has 3 heteroatoms. The Kier molecular flexibility index (Phi) is 3.29. The summed E-state index contributed by atoms with van der Waals surface area (Å²) >= 11 is 5.88. The van der Waals surface area contributed by atoms with Crippen molar-refractivity contribution in [1.29, 1.82) is 0 Å². The number of benzene rings is 1. The number of piperidine rings is 1. The van der Waals surface area contributed by atoms with Crippen LogP contribution in [0.4, 0.5) is 0 Å². The van der Waals surface area contributed by atoms with Crippen molar-refractivity contribution in [3.8, 4) is 0 Å². The average Bonchev–Trinajstić information content (AvgIpc) is 2.23. The fourth-order valence-electron chi connectivity index (χ4n) is 2.19. The molecule has 2 unspecified atom stereocenters. The van der Waals surface area contributed by atoms with Crippen LogP contribution in [0.1, 0.15) is 24.4 Å². The van der Waals surface area contributed by atoms with Crippen LogP contribution < -0.4 is 5.73 Å². The predicted octanol–water partition coefficient (Wildman–Crippen LogP) is 2.43. The summed E-state index contributed by atoms with van der Waals surface area (Å²) in [6.07, 6.45) is 2.14. The predicted molar refractivity (Wildman–Crippen MR) is 64.0 cm³/mol. The van der Waals surface area contributed by atoms with Gasteiger partial charge in [-0.15, -0.1) is 0 Å². The van der Waals surface area contributed by atoms with E-state index in [9.17, 15) is 0 Å². The molecule has 2 nitrogen and oxygen atoms in total. The molecule has 2 N–H and O–H groups in total. The second-order valence-electron chi connectivity index (χ2n) is 4.33. The van der Waals surface area contributed by atoms with Crippen molar-refractivity contribution < 1.29 is 0 Å². The standard InChI is InChI=1S/C12H17ClN2/c1-15-7-6-11(14)8-12(15)9-2-4-10(13)5-3-9/h2-5,11-12H,6-8,14H2,1H3. The molecule has 1 saturated heterocycles. The molecule has 0 aromatic heterocycles. The number of hydrogen-bond acceptors (Lipinski definition) is 2. The molecule has 15 heavy (non-hydrogen) atoms. The molecular formula is C12H17ClN2. The highest BCUT2D eigenvalue weighted by Crippen LogP contribution is 2.29. The summed E-state index contributed by atoms with van der Waals surface area (Å²) in [5, 5.41) is 0.793. The van der Waals surface area contributed by atoms with Crippen LogP contribution in [0, 0.1) is 0 Å². The highest BCUT2D eigenvalue weighted by atomic mass is 35.5. The summed E-state index contributed by atoms with van der Waals surface area (Å²) in [4.78, 5) is 2.37. The smallest absolute Gasteiger partial charge is 0.0406 e. The quantitative estimate of drug-likeness (QED) is 0.794. The van der Waals surface area contributed by atoms with Crippen molar-refractivity contribution in [3.63, 3.8) is 0 Å². The van der Waals surface area contributed by atoms with Crippen LogP contribution in [0.5, 0.6) is 0 Å². The van der Waals surface area contributed by atoms with E-state index in [1.54, 1.807) is 0 Å². The van der Waals surface area contributed by atoms with Crippen LogP contribution in [-0.4, -0.2) is 24.5 Å². The van der Waals surface area contributed by atoms with Gasteiger partial charge in [0.05, 0.1) is 0 Å². The summed E-state index contributed by atoms with van der Waals surface area (Å²) in [5.41, 5.74) is 7.32. The van der Waals surface area contributed by atoms with Gasteiger partial charge in [0.25, 0.3) is 0 Å². The number of likely N-dealkylation sites (tertiary alicyclic amines) is 1. The third kappa shape index (κ3) is 2.51. The van der Waals surface area contributed by atoms with E-state index in [2.05, 4.69) is 24.1 Å². The van der Waals surface area contributed by atoms with E-state index in [1.807, 2.05) is 12.1 Å². The van der Waals surface area contributed by atoms with Crippen LogP contribution >= 0.6 is 11.6 Å². The van der Waals surface area contributed by atoms with Gasteiger partial charge in [-0.3, -0.25) is 4.90 Å². The topological polar surface area (TPSA) is 29.3 Å². The number of nitrogens with zero attached hydrogens (tertiary/aromatic N) is 1. The summed E-state index contributed by atoms with van der Waals surface area (Å²) in [7, 11) is 2.16. The van der Waals surface area contributed by atoms with Crippen LogP contribution in [0.3, 0.4) is 0 Å². The Bertz CT molecular complexity index is 323. The number of halogens is 1. The van der Waals surface area contributed by atoms with Gasteiger partial charge in [0.1, 0.15) is 0 Å². The number of nitrogens with two attached hydrogens (primary N) is 1. The second kappa shape index (κ2) is 4.52. The van der Waals surface area contributed by atoms with Crippen molar-refractivity contribution in [2.24, 2.45) is 5.73 Å². The van der Waals surface area contributed by atoms with Gasteiger partial charge in [0.15, 0.2) is 0 Å². The van der Waals surface area contributed by atoms with Gasteiger partial charge in [0, 0.05) is 17.1 Å². The average molecular weight is 225 g/mol. The normalized spacial score (nSPS) is 27.9. The lowest BCUT2D eigenvalue weighted by Gasteiger charge is -2.36. The minimum atomic E-state index is 0.335. The monoisotopic (exact) mass is 224 g/mol. The van der Waals surface area contributed by atoms with Crippen LogP contribution in [-0.2, 0) is 0 Å². The first kappa shape index (κ1) is 10.9. The first-order chi connectivity index (χ1) is 7.16. The molecule has 2 rings (SSSR count). The maximum Gasteiger partial charge on any atom is 0.0406 e. The summed E-state index contributed by atoms with van der Waals surface area (Å²) in [5.74, 6) is 0. The van der Waals surface area contributed by atoms with E-state index in [-0.39, 0.29) is 0 Å². The van der Waals surface area contributed by atoms with Gasteiger partial charge in [-0.05, 0) is 44.1 Å². The number of hydrogen-bond donors (Lipinski definition) is 1. The SMILES string of the molecule is CN1CCC(N)CC1c1ccc(Cl)cc1. The van der Waals surface area contributed by atoms with Crippen molar-refractivity contribution in [2.45, 2.75) is 24.9 Å². The first-order valence-corrected chi connectivity index (χ1v) is 5.76. The van der Waals surface area contributed by atoms with E-state index < -0.39 is 0 Å². The molecule has 1 aliphatic rings. The highest BCUT2D eigenvalue weighted by molar-refractivity contribution is 6.30. The van der Waals surface area contributed by atoms with Crippen LogP contribution in [0.2, 0.25) is 5.02 Å². The molecule has 1 aromatic rings.